The van der Waals surface area contributed by atoms with Crippen LogP contribution in [-0.2, 0) is 4.79 Å². The summed E-state index contributed by atoms with van der Waals surface area (Å²) in [4.78, 5) is 12.7. The molecule has 5 heteroatoms. The molecule has 1 aromatic carbocycles. The Morgan fingerprint density at radius 2 is 1.94 bits per heavy atom. The molecule has 1 heterocycles. The van der Waals surface area contributed by atoms with E-state index < -0.39 is 0 Å². The second-order valence-electron chi connectivity index (χ2n) is 3.50. The molecule has 1 amide bonds. The SMILES string of the molecule is O=C(C=Cc1cccs1)Nc1cc(Cl)cc(Cl)c1. The highest BCUT2D eigenvalue weighted by molar-refractivity contribution is 7.10. The lowest BCUT2D eigenvalue weighted by Crippen LogP contribution is -2.07. The molecule has 0 bridgehead atoms. The summed E-state index contributed by atoms with van der Waals surface area (Å²) in [5.74, 6) is -0.221. The third kappa shape index (κ3) is 3.88. The summed E-state index contributed by atoms with van der Waals surface area (Å²) in [6.07, 6.45) is 3.23. The van der Waals surface area contributed by atoms with E-state index in [4.69, 9.17) is 23.2 Å². The summed E-state index contributed by atoms with van der Waals surface area (Å²) in [7, 11) is 0. The molecule has 2 nitrogen and oxygen atoms in total. The zero-order valence-corrected chi connectivity index (χ0v) is 11.5. The molecule has 92 valence electrons. The van der Waals surface area contributed by atoms with E-state index in [0.29, 0.717) is 15.7 Å². The second kappa shape index (κ2) is 6.05. The smallest absolute Gasteiger partial charge is 0.248 e. The highest BCUT2D eigenvalue weighted by atomic mass is 35.5. The fraction of sp³-hybridized carbons (Fsp3) is 0. The largest absolute Gasteiger partial charge is 0.322 e. The van der Waals surface area contributed by atoms with E-state index in [1.165, 1.54) is 6.08 Å². The van der Waals surface area contributed by atoms with Gasteiger partial charge in [0, 0.05) is 26.7 Å². The Bertz CT molecular complexity index is 558. The topological polar surface area (TPSA) is 29.1 Å². The molecule has 0 radical (unpaired) electrons. The Labute approximate surface area is 119 Å². The maximum Gasteiger partial charge on any atom is 0.248 e. The van der Waals surface area contributed by atoms with Crippen LogP contribution in [-0.4, -0.2) is 5.91 Å². The molecule has 0 aliphatic carbocycles. The van der Waals surface area contributed by atoms with Gasteiger partial charge in [-0.05, 0) is 35.7 Å². The van der Waals surface area contributed by atoms with Gasteiger partial charge in [0.1, 0.15) is 0 Å². The highest BCUT2D eigenvalue weighted by Crippen LogP contribution is 2.22. The fourth-order valence-corrected chi connectivity index (χ4v) is 2.50. The van der Waals surface area contributed by atoms with E-state index in [0.717, 1.165) is 4.88 Å². The number of rotatable bonds is 3. The van der Waals surface area contributed by atoms with Crippen LogP contribution in [0.15, 0.2) is 41.8 Å². The van der Waals surface area contributed by atoms with Gasteiger partial charge in [0.05, 0.1) is 0 Å². The van der Waals surface area contributed by atoms with Crippen LogP contribution in [0.25, 0.3) is 6.08 Å². The van der Waals surface area contributed by atoms with Crippen molar-refractivity contribution >= 4 is 52.2 Å². The molecule has 0 fully saturated rings. The summed E-state index contributed by atoms with van der Waals surface area (Å²) in [5, 5.41) is 5.62. The zero-order valence-electron chi connectivity index (χ0n) is 9.19. The first-order valence-electron chi connectivity index (χ1n) is 5.12. The van der Waals surface area contributed by atoms with Crippen molar-refractivity contribution in [1.29, 1.82) is 0 Å². The van der Waals surface area contributed by atoms with Gasteiger partial charge in [0.25, 0.3) is 0 Å². The number of halogens is 2. The van der Waals surface area contributed by atoms with E-state index in [1.54, 1.807) is 35.6 Å². The summed E-state index contributed by atoms with van der Waals surface area (Å²) >= 11 is 13.2. The first-order chi connectivity index (χ1) is 8.63. The third-order valence-corrected chi connectivity index (χ3v) is 3.35. The monoisotopic (exact) mass is 297 g/mol. The van der Waals surface area contributed by atoms with Gasteiger partial charge in [-0.25, -0.2) is 0 Å². The average Bonchev–Trinajstić information content (AvgIpc) is 2.77. The lowest BCUT2D eigenvalue weighted by molar-refractivity contribution is -0.111. The third-order valence-electron chi connectivity index (χ3n) is 2.07. The van der Waals surface area contributed by atoms with Crippen LogP contribution in [0.4, 0.5) is 5.69 Å². The van der Waals surface area contributed by atoms with Gasteiger partial charge in [0.15, 0.2) is 0 Å². The van der Waals surface area contributed by atoms with Gasteiger partial charge in [-0.3, -0.25) is 4.79 Å². The first-order valence-corrected chi connectivity index (χ1v) is 6.76. The summed E-state index contributed by atoms with van der Waals surface area (Å²) in [6.45, 7) is 0. The number of benzene rings is 1. The van der Waals surface area contributed by atoms with Gasteiger partial charge in [-0.15, -0.1) is 11.3 Å². The minimum absolute atomic E-state index is 0.221. The Kier molecular flexibility index (Phi) is 4.42. The number of amides is 1. The quantitative estimate of drug-likeness (QED) is 0.817. The van der Waals surface area contributed by atoms with Crippen molar-refractivity contribution in [3.63, 3.8) is 0 Å². The van der Waals surface area contributed by atoms with Crippen LogP contribution in [0, 0.1) is 0 Å². The number of thiophene rings is 1. The van der Waals surface area contributed by atoms with E-state index in [-0.39, 0.29) is 5.91 Å². The molecule has 1 aromatic heterocycles. The molecule has 1 N–H and O–H groups in total. The molecular formula is C13H9Cl2NOS. The average molecular weight is 298 g/mol. The molecule has 0 aliphatic rings. The van der Waals surface area contributed by atoms with E-state index in [2.05, 4.69) is 5.32 Å². The number of carbonyl (C=O) groups is 1. The summed E-state index contributed by atoms with van der Waals surface area (Å²) in [6, 6.07) is 8.76. The second-order valence-corrected chi connectivity index (χ2v) is 5.35. The van der Waals surface area contributed by atoms with Gasteiger partial charge in [-0.1, -0.05) is 29.3 Å². The van der Waals surface area contributed by atoms with Gasteiger partial charge < -0.3 is 5.32 Å². The van der Waals surface area contributed by atoms with Crippen molar-refractivity contribution in [3.05, 3.63) is 56.7 Å². The molecule has 0 atom stereocenters. The number of anilines is 1. The van der Waals surface area contributed by atoms with Gasteiger partial charge in [0.2, 0.25) is 5.91 Å². The van der Waals surface area contributed by atoms with E-state index >= 15 is 0 Å². The predicted octanol–water partition coefficient (Wildman–Crippen LogP) is 4.71. The molecule has 0 saturated heterocycles. The molecular weight excluding hydrogens is 289 g/mol. The molecule has 0 spiro atoms. The van der Waals surface area contributed by atoms with Crippen molar-refractivity contribution in [1.82, 2.24) is 0 Å². The van der Waals surface area contributed by atoms with Crippen LogP contribution in [0.3, 0.4) is 0 Å². The molecule has 2 rings (SSSR count). The molecule has 0 saturated carbocycles. The van der Waals surface area contributed by atoms with Crippen molar-refractivity contribution < 1.29 is 4.79 Å². The Balaban J connectivity index is 2.03. The number of hydrogen-bond donors (Lipinski definition) is 1. The number of carbonyl (C=O) groups excluding carboxylic acids is 1. The summed E-state index contributed by atoms with van der Waals surface area (Å²) < 4.78 is 0. The minimum atomic E-state index is -0.221. The van der Waals surface area contributed by atoms with Gasteiger partial charge >= 0.3 is 0 Å². The summed E-state index contributed by atoms with van der Waals surface area (Å²) in [5.41, 5.74) is 0.577. The molecule has 18 heavy (non-hydrogen) atoms. The molecule has 0 unspecified atom stereocenters. The van der Waals surface area contributed by atoms with Crippen LogP contribution in [0.1, 0.15) is 4.88 Å². The van der Waals surface area contributed by atoms with Crippen LogP contribution in [0.5, 0.6) is 0 Å². The maximum atomic E-state index is 11.7. The van der Waals surface area contributed by atoms with Crippen molar-refractivity contribution in [2.24, 2.45) is 0 Å². The van der Waals surface area contributed by atoms with Crippen molar-refractivity contribution in [2.45, 2.75) is 0 Å². The first kappa shape index (κ1) is 13.1. The minimum Gasteiger partial charge on any atom is -0.322 e. The predicted molar refractivity (Wildman–Crippen MR) is 78.4 cm³/mol. The Hall–Kier alpha value is -1.29. The fourth-order valence-electron chi connectivity index (χ4n) is 1.35. The maximum absolute atomic E-state index is 11.7. The zero-order chi connectivity index (χ0) is 13.0. The van der Waals surface area contributed by atoms with Crippen molar-refractivity contribution in [3.8, 4) is 0 Å². The van der Waals surface area contributed by atoms with Crippen LogP contribution in [0.2, 0.25) is 10.0 Å². The lowest BCUT2D eigenvalue weighted by Gasteiger charge is -2.03. The number of hydrogen-bond acceptors (Lipinski definition) is 2. The van der Waals surface area contributed by atoms with Crippen LogP contribution >= 0.6 is 34.5 Å². The van der Waals surface area contributed by atoms with Crippen molar-refractivity contribution in [2.75, 3.05) is 5.32 Å². The van der Waals surface area contributed by atoms with Crippen LogP contribution < -0.4 is 5.32 Å². The van der Waals surface area contributed by atoms with E-state index in [1.807, 2.05) is 17.5 Å². The lowest BCUT2D eigenvalue weighted by atomic mass is 10.3. The standard InChI is InChI=1S/C13H9Cl2NOS/c14-9-6-10(15)8-11(7-9)16-13(17)4-3-12-2-1-5-18-12/h1-8H,(H,16,17). The normalized spacial score (nSPS) is 10.8. The Morgan fingerprint density at radius 3 is 2.56 bits per heavy atom. The molecule has 2 aromatic rings. The van der Waals surface area contributed by atoms with E-state index in [9.17, 15) is 4.79 Å². The highest BCUT2D eigenvalue weighted by Gasteiger charge is 2.01. The van der Waals surface area contributed by atoms with Gasteiger partial charge in [-0.2, -0.15) is 0 Å². The molecule has 0 aliphatic heterocycles. The Morgan fingerprint density at radius 1 is 1.22 bits per heavy atom. The number of nitrogens with one attached hydrogen (secondary N) is 1.